The molecule has 94 valence electrons. The Hall–Kier alpha value is -0.380. The van der Waals surface area contributed by atoms with Gasteiger partial charge in [-0.1, -0.05) is 11.6 Å². The number of ether oxygens (including phenoxy) is 1. The highest BCUT2D eigenvalue weighted by molar-refractivity contribution is 6.32. The standard InChI is InChI=1S/C12H12Cl2F2O/c1-6-2-7(5-17-6)12(14)8-3-10(15)11(16)4-9(8)13/h3-4,6-7,12H,2,5H2,1H3. The van der Waals surface area contributed by atoms with Crippen LogP contribution < -0.4 is 0 Å². The molecule has 3 unspecified atom stereocenters. The molecule has 0 saturated carbocycles. The third kappa shape index (κ3) is 2.72. The molecular formula is C12H12Cl2F2O. The zero-order chi connectivity index (χ0) is 12.6. The smallest absolute Gasteiger partial charge is 0.160 e. The lowest BCUT2D eigenvalue weighted by molar-refractivity contribution is 0.120. The van der Waals surface area contributed by atoms with Crippen LogP contribution in [0.15, 0.2) is 12.1 Å². The maximum absolute atomic E-state index is 13.2. The average molecular weight is 281 g/mol. The van der Waals surface area contributed by atoms with Crippen LogP contribution in [0.5, 0.6) is 0 Å². The maximum Gasteiger partial charge on any atom is 0.160 e. The summed E-state index contributed by atoms with van der Waals surface area (Å²) < 4.78 is 31.5. The molecule has 1 aliphatic heterocycles. The van der Waals surface area contributed by atoms with E-state index in [2.05, 4.69) is 0 Å². The highest BCUT2D eigenvalue weighted by Crippen LogP contribution is 2.39. The van der Waals surface area contributed by atoms with Gasteiger partial charge in [-0.3, -0.25) is 0 Å². The lowest BCUT2D eigenvalue weighted by atomic mass is 9.96. The predicted octanol–water partition coefficient (Wildman–Crippen LogP) is 4.32. The van der Waals surface area contributed by atoms with Crippen molar-refractivity contribution in [1.29, 1.82) is 0 Å². The second kappa shape index (κ2) is 5.09. The van der Waals surface area contributed by atoms with Crippen LogP contribution >= 0.6 is 23.2 Å². The van der Waals surface area contributed by atoms with Crippen molar-refractivity contribution in [2.45, 2.75) is 24.8 Å². The van der Waals surface area contributed by atoms with Gasteiger partial charge in [-0.2, -0.15) is 0 Å². The minimum Gasteiger partial charge on any atom is -0.378 e. The van der Waals surface area contributed by atoms with Crippen molar-refractivity contribution in [2.75, 3.05) is 6.61 Å². The third-order valence-corrected chi connectivity index (χ3v) is 3.90. The Morgan fingerprint density at radius 1 is 1.35 bits per heavy atom. The molecule has 1 aromatic carbocycles. The summed E-state index contributed by atoms with van der Waals surface area (Å²) in [7, 11) is 0. The summed E-state index contributed by atoms with van der Waals surface area (Å²) in [6.07, 6.45) is 0.939. The normalized spacial score (nSPS) is 26.2. The van der Waals surface area contributed by atoms with Gasteiger partial charge in [-0.05, 0) is 31.0 Å². The van der Waals surface area contributed by atoms with Crippen molar-refractivity contribution < 1.29 is 13.5 Å². The van der Waals surface area contributed by atoms with Gasteiger partial charge in [-0.25, -0.2) is 8.78 Å². The van der Waals surface area contributed by atoms with Gasteiger partial charge in [0.05, 0.1) is 18.1 Å². The molecule has 5 heteroatoms. The van der Waals surface area contributed by atoms with Crippen LogP contribution in [0, 0.1) is 17.6 Å². The number of halogens is 4. The van der Waals surface area contributed by atoms with Crippen LogP contribution in [-0.4, -0.2) is 12.7 Å². The fourth-order valence-corrected chi connectivity index (χ4v) is 2.74. The molecule has 0 aliphatic carbocycles. The van der Waals surface area contributed by atoms with E-state index in [1.807, 2.05) is 6.92 Å². The highest BCUT2D eigenvalue weighted by atomic mass is 35.5. The largest absolute Gasteiger partial charge is 0.378 e. The van der Waals surface area contributed by atoms with Crippen molar-refractivity contribution in [1.82, 2.24) is 0 Å². The summed E-state index contributed by atoms with van der Waals surface area (Å²) in [6, 6.07) is 2.03. The average Bonchev–Trinajstić information content (AvgIpc) is 2.69. The van der Waals surface area contributed by atoms with Crippen LogP contribution in [0.3, 0.4) is 0 Å². The minimum atomic E-state index is -0.960. The summed E-state index contributed by atoms with van der Waals surface area (Å²) in [5, 5.41) is -0.300. The summed E-state index contributed by atoms with van der Waals surface area (Å²) in [5.41, 5.74) is 0.426. The quantitative estimate of drug-likeness (QED) is 0.579. The predicted molar refractivity (Wildman–Crippen MR) is 63.5 cm³/mol. The first kappa shape index (κ1) is 13.1. The van der Waals surface area contributed by atoms with E-state index in [-0.39, 0.29) is 17.0 Å². The number of hydrogen-bond donors (Lipinski definition) is 0. The maximum atomic E-state index is 13.2. The third-order valence-electron chi connectivity index (χ3n) is 2.98. The molecule has 1 fully saturated rings. The fourth-order valence-electron chi connectivity index (χ4n) is 2.06. The van der Waals surface area contributed by atoms with E-state index >= 15 is 0 Å². The molecule has 1 aliphatic rings. The Morgan fingerprint density at radius 2 is 2.00 bits per heavy atom. The van der Waals surface area contributed by atoms with Gasteiger partial charge < -0.3 is 4.74 Å². The number of rotatable bonds is 2. The van der Waals surface area contributed by atoms with E-state index in [0.717, 1.165) is 18.6 Å². The molecule has 2 rings (SSSR count). The second-order valence-electron chi connectivity index (χ2n) is 4.33. The molecule has 1 heterocycles. The molecule has 0 amide bonds. The monoisotopic (exact) mass is 280 g/mol. The van der Waals surface area contributed by atoms with Gasteiger partial charge in [0.25, 0.3) is 0 Å². The van der Waals surface area contributed by atoms with Gasteiger partial charge >= 0.3 is 0 Å². The zero-order valence-corrected chi connectivity index (χ0v) is 10.7. The summed E-state index contributed by atoms with van der Waals surface area (Å²) >= 11 is 12.1. The van der Waals surface area contributed by atoms with E-state index in [4.69, 9.17) is 27.9 Å². The molecule has 3 atom stereocenters. The molecule has 0 N–H and O–H groups in total. The number of benzene rings is 1. The van der Waals surface area contributed by atoms with E-state index < -0.39 is 17.0 Å². The minimum absolute atomic E-state index is 0.0778. The van der Waals surface area contributed by atoms with Crippen molar-refractivity contribution in [3.63, 3.8) is 0 Å². The Balaban J connectivity index is 2.24. The fraction of sp³-hybridized carbons (Fsp3) is 0.500. The van der Waals surface area contributed by atoms with Gasteiger partial charge in [0.2, 0.25) is 0 Å². The number of alkyl halides is 1. The van der Waals surface area contributed by atoms with Crippen molar-refractivity contribution >= 4 is 23.2 Å². The van der Waals surface area contributed by atoms with Crippen LogP contribution in [0.25, 0.3) is 0 Å². The molecule has 0 bridgehead atoms. The lowest BCUT2D eigenvalue weighted by Crippen LogP contribution is -2.09. The molecule has 0 aromatic heterocycles. The van der Waals surface area contributed by atoms with Crippen LogP contribution in [0.2, 0.25) is 5.02 Å². The van der Waals surface area contributed by atoms with Crippen molar-refractivity contribution in [2.24, 2.45) is 5.92 Å². The molecule has 1 aromatic rings. The lowest BCUT2D eigenvalue weighted by Gasteiger charge is -2.17. The van der Waals surface area contributed by atoms with E-state index in [1.165, 1.54) is 0 Å². The Bertz CT molecular complexity index is 425. The van der Waals surface area contributed by atoms with Gasteiger partial charge in [0.15, 0.2) is 11.6 Å². The molecule has 0 radical (unpaired) electrons. The van der Waals surface area contributed by atoms with Crippen LogP contribution in [-0.2, 0) is 4.74 Å². The van der Waals surface area contributed by atoms with Gasteiger partial charge in [0, 0.05) is 10.9 Å². The van der Waals surface area contributed by atoms with E-state index in [1.54, 1.807) is 0 Å². The second-order valence-corrected chi connectivity index (χ2v) is 5.21. The van der Waals surface area contributed by atoms with Crippen molar-refractivity contribution in [3.05, 3.63) is 34.4 Å². The van der Waals surface area contributed by atoms with Gasteiger partial charge in [0.1, 0.15) is 0 Å². The topological polar surface area (TPSA) is 9.23 Å². The molecular weight excluding hydrogens is 269 g/mol. The highest BCUT2D eigenvalue weighted by Gasteiger charge is 2.31. The molecule has 1 nitrogen and oxygen atoms in total. The molecule has 0 spiro atoms. The summed E-state index contributed by atoms with van der Waals surface area (Å²) in [4.78, 5) is 0. The summed E-state index contributed by atoms with van der Waals surface area (Å²) in [5.74, 6) is -1.81. The van der Waals surface area contributed by atoms with Crippen LogP contribution in [0.4, 0.5) is 8.78 Å². The van der Waals surface area contributed by atoms with E-state index in [9.17, 15) is 8.78 Å². The molecule has 1 saturated heterocycles. The van der Waals surface area contributed by atoms with E-state index in [0.29, 0.717) is 12.2 Å². The Morgan fingerprint density at radius 3 is 2.59 bits per heavy atom. The SMILES string of the molecule is CC1CC(C(Cl)c2cc(F)c(F)cc2Cl)CO1. The van der Waals surface area contributed by atoms with Crippen LogP contribution in [0.1, 0.15) is 24.3 Å². The van der Waals surface area contributed by atoms with Crippen molar-refractivity contribution in [3.8, 4) is 0 Å². The van der Waals surface area contributed by atoms with Gasteiger partial charge in [-0.15, -0.1) is 11.6 Å². The number of hydrogen-bond acceptors (Lipinski definition) is 1. The zero-order valence-electron chi connectivity index (χ0n) is 9.22. The first-order valence-corrected chi connectivity index (χ1v) is 6.20. The Kier molecular flexibility index (Phi) is 3.91. The first-order valence-electron chi connectivity index (χ1n) is 5.39. The Labute approximate surface area is 109 Å². The molecule has 17 heavy (non-hydrogen) atoms. The summed E-state index contributed by atoms with van der Waals surface area (Å²) in [6.45, 7) is 2.47. The first-order chi connectivity index (χ1) is 7.99.